The Balaban J connectivity index is 2.84. The van der Waals surface area contributed by atoms with Gasteiger partial charge in [0.25, 0.3) is 0 Å². The Hall–Kier alpha value is -1.03. The highest BCUT2D eigenvalue weighted by atomic mass is 32.2. The topological polar surface area (TPSA) is 53.0 Å². The third-order valence-corrected chi connectivity index (χ3v) is 2.65. The van der Waals surface area contributed by atoms with Gasteiger partial charge in [0, 0.05) is 11.8 Å². The average molecular weight is 196 g/mol. The minimum atomic E-state index is -1.16. The van der Waals surface area contributed by atoms with Crippen molar-refractivity contribution >= 4 is 17.7 Å². The van der Waals surface area contributed by atoms with E-state index in [1.807, 2.05) is 6.92 Å². The van der Waals surface area contributed by atoms with Gasteiger partial charge in [-0.05, 0) is 24.3 Å². The summed E-state index contributed by atoms with van der Waals surface area (Å²) < 4.78 is 0. The maximum atomic E-state index is 10.6. The molecule has 1 heterocycles. The first kappa shape index (κ1) is 10.1. The van der Waals surface area contributed by atoms with Crippen LogP contribution in [0.5, 0.6) is 0 Å². The zero-order valence-corrected chi connectivity index (χ0v) is 8.13. The Labute approximate surface area is 81.2 Å². The monoisotopic (exact) mass is 196 g/mol. The highest BCUT2D eigenvalue weighted by Gasteiger charge is 2.03. The number of hydrogen-bond acceptors (Lipinski definition) is 4. The smallest absolute Gasteiger partial charge is 0.105 e. The largest absolute Gasteiger partial charge is 0.545 e. The van der Waals surface area contributed by atoms with Gasteiger partial charge in [-0.3, -0.25) is 0 Å². The van der Waals surface area contributed by atoms with Crippen LogP contribution in [-0.2, 0) is 0 Å². The first-order chi connectivity index (χ1) is 6.25. The maximum absolute atomic E-state index is 10.6. The lowest BCUT2D eigenvalue weighted by Crippen LogP contribution is -2.23. The molecule has 0 saturated carbocycles. The van der Waals surface area contributed by atoms with Gasteiger partial charge in [0.2, 0.25) is 0 Å². The second kappa shape index (κ2) is 4.87. The number of aromatic nitrogens is 1. The van der Waals surface area contributed by atoms with Crippen molar-refractivity contribution in [3.63, 3.8) is 0 Å². The molecule has 0 spiro atoms. The molecule has 0 aliphatic rings. The van der Waals surface area contributed by atoms with Crippen molar-refractivity contribution in [3.05, 3.63) is 23.9 Å². The van der Waals surface area contributed by atoms with E-state index in [2.05, 4.69) is 4.98 Å². The summed E-state index contributed by atoms with van der Waals surface area (Å²) in [5, 5.41) is 11.2. The van der Waals surface area contributed by atoms with Crippen molar-refractivity contribution in [1.82, 2.24) is 4.98 Å². The molecule has 13 heavy (non-hydrogen) atoms. The minimum Gasteiger partial charge on any atom is -0.545 e. The molecule has 0 aromatic carbocycles. The van der Waals surface area contributed by atoms with Crippen LogP contribution in [0.3, 0.4) is 0 Å². The Morgan fingerprint density at radius 1 is 1.69 bits per heavy atom. The molecule has 0 radical (unpaired) electrons. The SMILES string of the molecule is CCCSc1ncccc1C(=O)[O-]. The fraction of sp³-hybridized carbons (Fsp3) is 0.333. The van der Waals surface area contributed by atoms with Gasteiger partial charge in [-0.1, -0.05) is 6.92 Å². The van der Waals surface area contributed by atoms with E-state index in [4.69, 9.17) is 0 Å². The van der Waals surface area contributed by atoms with Gasteiger partial charge in [-0.25, -0.2) is 4.98 Å². The van der Waals surface area contributed by atoms with E-state index in [0.717, 1.165) is 12.2 Å². The zero-order valence-electron chi connectivity index (χ0n) is 7.32. The zero-order chi connectivity index (χ0) is 9.68. The van der Waals surface area contributed by atoms with Gasteiger partial charge >= 0.3 is 0 Å². The van der Waals surface area contributed by atoms with Crippen LogP contribution >= 0.6 is 11.8 Å². The molecule has 0 saturated heterocycles. The Morgan fingerprint density at radius 2 is 2.46 bits per heavy atom. The van der Waals surface area contributed by atoms with Crippen LogP contribution in [0.25, 0.3) is 0 Å². The summed E-state index contributed by atoms with van der Waals surface area (Å²) in [5.74, 6) is -0.288. The van der Waals surface area contributed by atoms with E-state index < -0.39 is 5.97 Å². The number of aromatic carboxylic acids is 1. The van der Waals surface area contributed by atoms with Crippen molar-refractivity contribution < 1.29 is 9.90 Å². The molecule has 1 rings (SSSR count). The second-order valence-corrected chi connectivity index (χ2v) is 3.58. The van der Waals surface area contributed by atoms with Gasteiger partial charge in [-0.2, -0.15) is 0 Å². The van der Waals surface area contributed by atoms with Crippen LogP contribution in [0.1, 0.15) is 23.7 Å². The average Bonchev–Trinajstić information content (AvgIpc) is 2.15. The molecule has 1 aromatic heterocycles. The molecule has 0 atom stereocenters. The molecule has 0 unspecified atom stereocenters. The van der Waals surface area contributed by atoms with E-state index in [1.165, 1.54) is 17.8 Å². The number of carbonyl (C=O) groups excluding carboxylic acids is 1. The van der Waals surface area contributed by atoms with Crippen molar-refractivity contribution in [2.45, 2.75) is 18.4 Å². The first-order valence-corrected chi connectivity index (χ1v) is 5.03. The van der Waals surface area contributed by atoms with Crippen LogP contribution in [0.15, 0.2) is 23.4 Å². The summed E-state index contributed by atoms with van der Waals surface area (Å²) in [5.41, 5.74) is 0.181. The predicted octanol–water partition coefficient (Wildman–Crippen LogP) is 0.947. The number of hydrogen-bond donors (Lipinski definition) is 0. The molecule has 0 bridgehead atoms. The van der Waals surface area contributed by atoms with Gasteiger partial charge in [0.15, 0.2) is 0 Å². The van der Waals surface area contributed by atoms with Crippen molar-refractivity contribution in [2.24, 2.45) is 0 Å². The lowest BCUT2D eigenvalue weighted by atomic mass is 10.3. The molecule has 0 aliphatic carbocycles. The molecule has 0 amide bonds. The highest BCUT2D eigenvalue weighted by molar-refractivity contribution is 7.99. The van der Waals surface area contributed by atoms with Crippen LogP contribution in [0.4, 0.5) is 0 Å². The number of thioether (sulfide) groups is 1. The van der Waals surface area contributed by atoms with Crippen LogP contribution in [0, 0.1) is 0 Å². The van der Waals surface area contributed by atoms with E-state index in [-0.39, 0.29) is 5.56 Å². The van der Waals surface area contributed by atoms with E-state index in [1.54, 1.807) is 12.3 Å². The quantitative estimate of drug-likeness (QED) is 0.673. The lowest BCUT2D eigenvalue weighted by molar-refractivity contribution is -0.255. The predicted molar refractivity (Wildman–Crippen MR) is 49.6 cm³/mol. The summed E-state index contributed by atoms with van der Waals surface area (Å²) >= 11 is 1.44. The molecule has 1 aromatic rings. The third-order valence-electron chi connectivity index (χ3n) is 1.43. The van der Waals surface area contributed by atoms with E-state index >= 15 is 0 Å². The summed E-state index contributed by atoms with van der Waals surface area (Å²) in [6.45, 7) is 2.04. The fourth-order valence-corrected chi connectivity index (χ4v) is 1.70. The Kier molecular flexibility index (Phi) is 3.76. The fourth-order valence-electron chi connectivity index (χ4n) is 0.860. The molecule has 0 N–H and O–H groups in total. The van der Waals surface area contributed by atoms with Crippen molar-refractivity contribution in [2.75, 3.05) is 5.75 Å². The van der Waals surface area contributed by atoms with Crippen LogP contribution < -0.4 is 5.11 Å². The number of pyridine rings is 1. The van der Waals surface area contributed by atoms with Gasteiger partial charge in [-0.15, -0.1) is 11.8 Å². The number of carboxylic acid groups (broad SMARTS) is 1. The van der Waals surface area contributed by atoms with Gasteiger partial charge < -0.3 is 9.90 Å². The van der Waals surface area contributed by atoms with Crippen LogP contribution in [0.2, 0.25) is 0 Å². The summed E-state index contributed by atoms with van der Waals surface area (Å²) in [6.07, 6.45) is 2.58. The third kappa shape index (κ3) is 2.73. The molecular weight excluding hydrogens is 186 g/mol. The summed E-state index contributed by atoms with van der Waals surface area (Å²) in [7, 11) is 0. The Morgan fingerprint density at radius 3 is 3.08 bits per heavy atom. The van der Waals surface area contributed by atoms with Gasteiger partial charge in [0.05, 0.1) is 5.97 Å². The number of rotatable bonds is 4. The summed E-state index contributed by atoms with van der Waals surface area (Å²) in [4.78, 5) is 14.6. The van der Waals surface area contributed by atoms with Gasteiger partial charge in [0.1, 0.15) is 5.03 Å². The standard InChI is InChI=1S/C9H11NO2S/c1-2-6-13-8-7(9(11)12)4-3-5-10-8/h3-5H,2,6H2,1H3,(H,11,12)/p-1. The number of carboxylic acids is 1. The van der Waals surface area contributed by atoms with E-state index in [9.17, 15) is 9.90 Å². The van der Waals surface area contributed by atoms with Crippen molar-refractivity contribution in [1.29, 1.82) is 0 Å². The molecule has 4 heteroatoms. The molecule has 70 valence electrons. The minimum absolute atomic E-state index is 0.181. The highest BCUT2D eigenvalue weighted by Crippen LogP contribution is 2.19. The van der Waals surface area contributed by atoms with Crippen LogP contribution in [-0.4, -0.2) is 16.7 Å². The molecular formula is C9H10NO2S-. The molecule has 0 fully saturated rings. The first-order valence-electron chi connectivity index (χ1n) is 4.05. The maximum Gasteiger partial charge on any atom is 0.105 e. The normalized spacial score (nSPS) is 9.92. The van der Waals surface area contributed by atoms with E-state index in [0.29, 0.717) is 5.03 Å². The number of nitrogens with zero attached hydrogens (tertiary/aromatic N) is 1. The lowest BCUT2D eigenvalue weighted by Gasteiger charge is -2.07. The van der Waals surface area contributed by atoms with Crippen molar-refractivity contribution in [3.8, 4) is 0 Å². The number of carbonyl (C=O) groups is 1. The summed E-state index contributed by atoms with van der Waals surface area (Å²) in [6, 6.07) is 3.11. The second-order valence-electron chi connectivity index (χ2n) is 2.49. The molecule has 3 nitrogen and oxygen atoms in total. The molecule has 0 aliphatic heterocycles. The Bertz CT molecular complexity index is 301.